The van der Waals surface area contributed by atoms with E-state index in [4.69, 9.17) is 18.9 Å². The molecule has 4 aromatic carbocycles. The van der Waals surface area contributed by atoms with Crippen molar-refractivity contribution in [2.24, 2.45) is 11.8 Å². The summed E-state index contributed by atoms with van der Waals surface area (Å²) >= 11 is 0. The van der Waals surface area contributed by atoms with Gasteiger partial charge >= 0.3 is 24.1 Å². The minimum absolute atomic E-state index is 0.0146. The molecule has 320 valence electrons. The molecule has 11 nitrogen and oxygen atoms in total. The van der Waals surface area contributed by atoms with Crippen LogP contribution in [0.5, 0.6) is 0 Å². The van der Waals surface area contributed by atoms with Crippen LogP contribution in [0, 0.1) is 11.8 Å². The largest absolute Gasteiger partial charge is 0.461 e. The van der Waals surface area contributed by atoms with Gasteiger partial charge in [-0.15, -0.1) is 0 Å². The van der Waals surface area contributed by atoms with Crippen LogP contribution in [0.1, 0.15) is 63.8 Å². The molecule has 1 unspecified atom stereocenters. The zero-order valence-corrected chi connectivity index (χ0v) is 35.5. The van der Waals surface area contributed by atoms with Crippen LogP contribution >= 0.6 is 0 Å². The average Bonchev–Trinajstić information content (AvgIpc) is 3.19. The molecule has 0 radical (unpaired) electrons. The summed E-state index contributed by atoms with van der Waals surface area (Å²) in [5.41, 5.74) is 1.30. The van der Waals surface area contributed by atoms with Crippen molar-refractivity contribution in [3.63, 3.8) is 0 Å². The number of rotatable bonds is 19. The van der Waals surface area contributed by atoms with Gasteiger partial charge in [0.15, 0.2) is 0 Å². The highest BCUT2D eigenvalue weighted by molar-refractivity contribution is 5.78. The zero-order valence-electron chi connectivity index (χ0n) is 35.5. The Kier molecular flexibility index (Phi) is 17.5. The third-order valence-electron chi connectivity index (χ3n) is 9.42. The van der Waals surface area contributed by atoms with Crippen molar-refractivity contribution >= 4 is 24.1 Å². The molecule has 0 aliphatic rings. The Morgan fingerprint density at radius 3 is 1.23 bits per heavy atom. The molecule has 11 heteroatoms. The molecule has 3 N–H and O–H groups in total. The van der Waals surface area contributed by atoms with Gasteiger partial charge in [-0.2, -0.15) is 0 Å². The van der Waals surface area contributed by atoms with Gasteiger partial charge in [0.1, 0.15) is 23.9 Å². The van der Waals surface area contributed by atoms with Crippen LogP contribution in [-0.2, 0) is 54.2 Å². The molecule has 0 fully saturated rings. The van der Waals surface area contributed by atoms with Crippen molar-refractivity contribution in [3.8, 4) is 0 Å². The molecule has 0 spiro atoms. The predicted molar refractivity (Wildman–Crippen MR) is 231 cm³/mol. The maximum absolute atomic E-state index is 15.1. The average molecular weight is 821 g/mol. The smallest absolute Gasteiger partial charge is 0.408 e. The molecular formula is C49H60N2O9. The Morgan fingerprint density at radius 2 is 0.900 bits per heavy atom. The topological polar surface area (TPSA) is 149 Å². The van der Waals surface area contributed by atoms with Gasteiger partial charge in [0.2, 0.25) is 0 Å². The lowest BCUT2D eigenvalue weighted by atomic mass is 9.83. The van der Waals surface area contributed by atoms with E-state index in [0.29, 0.717) is 5.56 Å². The number of ether oxygens (including phenoxy) is 4. The van der Waals surface area contributed by atoms with E-state index < -0.39 is 71.5 Å². The number of esters is 2. The number of carbonyl (C=O) groups excluding carboxylic acids is 4. The summed E-state index contributed by atoms with van der Waals surface area (Å²) in [5.74, 6) is -4.08. The fourth-order valence-corrected chi connectivity index (χ4v) is 6.77. The number of alkyl carbamates (subject to hydrolysis) is 2. The van der Waals surface area contributed by atoms with E-state index in [0.717, 1.165) is 16.7 Å². The number of benzene rings is 4. The van der Waals surface area contributed by atoms with Gasteiger partial charge < -0.3 is 34.7 Å². The van der Waals surface area contributed by atoms with Crippen molar-refractivity contribution in [2.75, 3.05) is 6.61 Å². The Balaban J connectivity index is 1.88. The van der Waals surface area contributed by atoms with Gasteiger partial charge in [-0.25, -0.2) is 9.59 Å². The quantitative estimate of drug-likeness (QED) is 0.0487. The molecular weight excluding hydrogens is 761 g/mol. The molecule has 0 aromatic heterocycles. The Morgan fingerprint density at radius 1 is 0.567 bits per heavy atom. The van der Waals surface area contributed by atoms with Crippen molar-refractivity contribution in [1.29, 1.82) is 0 Å². The van der Waals surface area contributed by atoms with Crippen molar-refractivity contribution in [1.82, 2.24) is 10.6 Å². The van der Waals surface area contributed by atoms with E-state index in [-0.39, 0.29) is 32.3 Å². The lowest BCUT2D eigenvalue weighted by molar-refractivity contribution is -0.166. The third kappa shape index (κ3) is 16.0. The number of aliphatic hydroxyl groups is 1. The molecule has 0 saturated heterocycles. The molecule has 2 amide bonds. The van der Waals surface area contributed by atoms with E-state index in [1.54, 1.807) is 41.5 Å². The molecule has 0 aliphatic carbocycles. The second kappa shape index (κ2) is 22.4. The standard InChI is InChI=1S/C49H60N2O9/c1-8-29-57-44(53)38(30-34-21-13-9-14-22-34)42(52)39(31-35-23-15-10-16-24-35)45(54)58-43(40(32-36-25-17-11-18-26-36)50-46(55)59-48(2,3)4)41(33-37-27-19-12-20-28-37)51-47(56)60-49(5,6)7/h8-28,38-43,52H,1,29-33H2,2-7H3,(H,50,55)(H,51,56)/t38-,39-,40-,41-,42?/m1/s1. The fraction of sp³-hybridized carbons (Fsp3) is 0.388. The van der Waals surface area contributed by atoms with E-state index in [1.807, 2.05) is 121 Å². The summed E-state index contributed by atoms with van der Waals surface area (Å²) in [7, 11) is 0. The van der Waals surface area contributed by atoms with Crippen LogP contribution in [0.2, 0.25) is 0 Å². The van der Waals surface area contributed by atoms with E-state index in [9.17, 15) is 19.5 Å². The number of hydrogen-bond donors (Lipinski definition) is 3. The zero-order chi connectivity index (χ0) is 43.7. The number of carbonyl (C=O) groups is 4. The highest BCUT2D eigenvalue weighted by atomic mass is 16.6. The minimum Gasteiger partial charge on any atom is -0.461 e. The molecule has 5 atom stereocenters. The molecule has 60 heavy (non-hydrogen) atoms. The van der Waals surface area contributed by atoms with E-state index in [2.05, 4.69) is 17.2 Å². The van der Waals surface area contributed by atoms with Crippen LogP contribution in [0.3, 0.4) is 0 Å². The first kappa shape index (κ1) is 46.7. The van der Waals surface area contributed by atoms with Gasteiger partial charge in [0, 0.05) is 0 Å². The number of aliphatic hydroxyl groups excluding tert-OH is 1. The first-order valence-corrected chi connectivity index (χ1v) is 20.3. The summed E-state index contributed by atoms with van der Waals surface area (Å²) in [6.45, 7) is 14.0. The fourth-order valence-electron chi connectivity index (χ4n) is 6.77. The first-order valence-electron chi connectivity index (χ1n) is 20.3. The second-order valence-corrected chi connectivity index (χ2v) is 16.8. The van der Waals surface area contributed by atoms with Crippen molar-refractivity contribution < 1.29 is 43.2 Å². The molecule has 0 heterocycles. The molecule has 0 bridgehead atoms. The lowest BCUT2D eigenvalue weighted by Crippen LogP contribution is -2.59. The normalized spacial score (nSPS) is 14.1. The van der Waals surface area contributed by atoms with Crippen LogP contribution in [-0.4, -0.2) is 71.3 Å². The first-order chi connectivity index (χ1) is 28.5. The number of amides is 2. The van der Waals surface area contributed by atoms with Crippen LogP contribution < -0.4 is 10.6 Å². The maximum atomic E-state index is 15.1. The van der Waals surface area contributed by atoms with Gasteiger partial charge in [-0.05, 0) is 89.5 Å². The van der Waals surface area contributed by atoms with Crippen molar-refractivity contribution in [2.45, 2.75) is 103 Å². The highest BCUT2D eigenvalue weighted by Gasteiger charge is 2.43. The Bertz CT molecular complexity index is 1870. The monoisotopic (exact) mass is 820 g/mol. The Hall–Kier alpha value is -5.94. The maximum Gasteiger partial charge on any atom is 0.408 e. The second-order valence-electron chi connectivity index (χ2n) is 16.8. The highest BCUT2D eigenvalue weighted by Crippen LogP contribution is 2.27. The molecule has 4 aromatic rings. The summed E-state index contributed by atoms with van der Waals surface area (Å²) < 4.78 is 23.5. The SMILES string of the molecule is C=CCOC(=O)[C@H](Cc1ccccc1)C(O)[C@@H](Cc1ccccc1)C(=O)OC([C@@H](Cc1ccccc1)NC(=O)OC(C)(C)C)[C@@H](Cc1ccccc1)NC(=O)OC(C)(C)C. The van der Waals surface area contributed by atoms with E-state index >= 15 is 4.79 Å². The van der Waals surface area contributed by atoms with Crippen LogP contribution in [0.15, 0.2) is 134 Å². The summed E-state index contributed by atoms with van der Waals surface area (Å²) in [6, 6.07) is 34.9. The van der Waals surface area contributed by atoms with Gasteiger partial charge in [0.05, 0.1) is 30.0 Å². The summed E-state index contributed by atoms with van der Waals surface area (Å²) in [6.07, 6.45) is -2.65. The molecule has 4 rings (SSSR count). The minimum atomic E-state index is -1.60. The van der Waals surface area contributed by atoms with Crippen LogP contribution in [0.4, 0.5) is 9.59 Å². The van der Waals surface area contributed by atoms with E-state index in [1.165, 1.54) is 6.08 Å². The molecule has 0 saturated carbocycles. The Labute approximate surface area is 354 Å². The number of hydrogen-bond acceptors (Lipinski definition) is 9. The summed E-state index contributed by atoms with van der Waals surface area (Å²) in [4.78, 5) is 56.2. The predicted octanol–water partition coefficient (Wildman–Crippen LogP) is 7.98. The lowest BCUT2D eigenvalue weighted by Gasteiger charge is -2.37. The molecule has 0 aliphatic heterocycles. The summed E-state index contributed by atoms with van der Waals surface area (Å²) in [5, 5.41) is 18.2. The van der Waals surface area contributed by atoms with Crippen LogP contribution in [0.25, 0.3) is 0 Å². The van der Waals surface area contributed by atoms with Gasteiger partial charge in [0.25, 0.3) is 0 Å². The van der Waals surface area contributed by atoms with Gasteiger partial charge in [-0.1, -0.05) is 134 Å². The number of nitrogens with one attached hydrogen (secondary N) is 2. The third-order valence-corrected chi connectivity index (χ3v) is 9.42. The van der Waals surface area contributed by atoms with Crippen molar-refractivity contribution in [3.05, 3.63) is 156 Å². The van der Waals surface area contributed by atoms with Gasteiger partial charge in [-0.3, -0.25) is 9.59 Å².